The van der Waals surface area contributed by atoms with Crippen LogP contribution >= 0.6 is 11.6 Å². The van der Waals surface area contributed by atoms with Gasteiger partial charge in [-0.2, -0.15) is 0 Å². The van der Waals surface area contributed by atoms with E-state index < -0.39 is 0 Å². The fourth-order valence-corrected chi connectivity index (χ4v) is 3.41. The van der Waals surface area contributed by atoms with Crippen molar-refractivity contribution in [3.05, 3.63) is 28.8 Å². The zero-order valence-electron chi connectivity index (χ0n) is 11.6. The molecule has 1 amide bonds. The van der Waals surface area contributed by atoms with Crippen LogP contribution in [0.1, 0.15) is 23.7 Å². The molecule has 0 unspecified atom stereocenters. The van der Waals surface area contributed by atoms with Gasteiger partial charge >= 0.3 is 0 Å². The molecule has 0 spiro atoms. The van der Waals surface area contributed by atoms with Gasteiger partial charge in [-0.15, -0.1) is 0 Å². The summed E-state index contributed by atoms with van der Waals surface area (Å²) in [5.74, 6) is 1.07. The van der Waals surface area contributed by atoms with Crippen molar-refractivity contribution in [1.82, 2.24) is 4.90 Å². The van der Waals surface area contributed by atoms with Crippen molar-refractivity contribution in [2.24, 2.45) is 5.92 Å². The molecular formula is C15H18ClNO3. The number of rotatable bonds is 2. The molecule has 1 aromatic carbocycles. The Morgan fingerprint density at radius 1 is 1.45 bits per heavy atom. The van der Waals surface area contributed by atoms with Crippen molar-refractivity contribution in [1.29, 1.82) is 0 Å². The van der Waals surface area contributed by atoms with E-state index in [9.17, 15) is 4.79 Å². The van der Waals surface area contributed by atoms with Crippen LogP contribution in [0.4, 0.5) is 0 Å². The quantitative estimate of drug-likeness (QED) is 0.842. The molecule has 20 heavy (non-hydrogen) atoms. The smallest absolute Gasteiger partial charge is 0.254 e. The van der Waals surface area contributed by atoms with Crippen molar-refractivity contribution in [3.8, 4) is 5.75 Å². The molecule has 3 rings (SSSR count). The van der Waals surface area contributed by atoms with Crippen LogP contribution in [-0.2, 0) is 4.74 Å². The number of hydrogen-bond donors (Lipinski definition) is 0. The van der Waals surface area contributed by atoms with Crippen LogP contribution in [0, 0.1) is 5.92 Å². The average molecular weight is 296 g/mol. The van der Waals surface area contributed by atoms with Gasteiger partial charge in [0.15, 0.2) is 0 Å². The SMILES string of the molecule is COc1ccc(C(=O)N2C[C@@H]3C[C@@H](C)O[C@@H]3C2)cc1Cl. The minimum Gasteiger partial charge on any atom is -0.495 e. The number of benzene rings is 1. The molecule has 3 atom stereocenters. The maximum absolute atomic E-state index is 12.5. The minimum atomic E-state index is 0.0141. The number of likely N-dealkylation sites (tertiary alicyclic amines) is 1. The van der Waals surface area contributed by atoms with E-state index in [-0.39, 0.29) is 12.0 Å². The molecule has 0 N–H and O–H groups in total. The first kappa shape index (κ1) is 13.7. The first-order valence-electron chi connectivity index (χ1n) is 6.86. The van der Waals surface area contributed by atoms with Crippen LogP contribution in [0.25, 0.3) is 0 Å². The largest absolute Gasteiger partial charge is 0.495 e. The molecule has 108 valence electrons. The summed E-state index contributed by atoms with van der Waals surface area (Å²) in [5, 5.41) is 0.461. The summed E-state index contributed by atoms with van der Waals surface area (Å²) in [6.45, 7) is 3.54. The van der Waals surface area contributed by atoms with Gasteiger partial charge in [-0.25, -0.2) is 0 Å². The Balaban J connectivity index is 1.73. The fraction of sp³-hybridized carbons (Fsp3) is 0.533. The number of hydrogen-bond acceptors (Lipinski definition) is 3. The Hall–Kier alpha value is -1.26. The Kier molecular flexibility index (Phi) is 3.61. The molecule has 0 aromatic heterocycles. The van der Waals surface area contributed by atoms with Gasteiger partial charge in [0.25, 0.3) is 5.91 Å². The first-order valence-corrected chi connectivity index (χ1v) is 7.24. The summed E-state index contributed by atoms with van der Waals surface area (Å²) in [7, 11) is 1.56. The summed E-state index contributed by atoms with van der Waals surface area (Å²) in [4.78, 5) is 14.3. The number of carbonyl (C=O) groups is 1. The van der Waals surface area contributed by atoms with Crippen molar-refractivity contribution in [2.45, 2.75) is 25.6 Å². The van der Waals surface area contributed by atoms with Crippen LogP contribution in [0.5, 0.6) is 5.75 Å². The third kappa shape index (κ3) is 2.38. The van der Waals surface area contributed by atoms with Crippen LogP contribution in [-0.4, -0.2) is 43.2 Å². The number of nitrogens with zero attached hydrogens (tertiary/aromatic N) is 1. The molecular weight excluding hydrogens is 278 g/mol. The highest BCUT2D eigenvalue weighted by atomic mass is 35.5. The topological polar surface area (TPSA) is 38.8 Å². The van der Waals surface area contributed by atoms with E-state index in [0.29, 0.717) is 34.9 Å². The van der Waals surface area contributed by atoms with Crippen molar-refractivity contribution in [3.63, 3.8) is 0 Å². The van der Waals surface area contributed by atoms with Crippen LogP contribution in [0.2, 0.25) is 5.02 Å². The van der Waals surface area contributed by atoms with E-state index in [1.54, 1.807) is 25.3 Å². The lowest BCUT2D eigenvalue weighted by Gasteiger charge is -2.18. The molecule has 4 nitrogen and oxygen atoms in total. The van der Waals surface area contributed by atoms with E-state index in [0.717, 1.165) is 13.0 Å². The first-order chi connectivity index (χ1) is 9.58. The van der Waals surface area contributed by atoms with Crippen molar-refractivity contribution >= 4 is 17.5 Å². The van der Waals surface area contributed by atoms with E-state index in [2.05, 4.69) is 6.92 Å². The number of methoxy groups -OCH3 is 1. The zero-order chi connectivity index (χ0) is 14.3. The highest BCUT2D eigenvalue weighted by Gasteiger charge is 2.42. The normalized spacial score (nSPS) is 28.6. The summed E-state index contributed by atoms with van der Waals surface area (Å²) in [6.07, 6.45) is 1.55. The van der Waals surface area contributed by atoms with E-state index >= 15 is 0 Å². The Morgan fingerprint density at radius 3 is 2.90 bits per heavy atom. The molecule has 1 aromatic rings. The molecule has 2 heterocycles. The number of fused-ring (bicyclic) bond motifs is 1. The standard InChI is InChI=1S/C15H18ClNO3/c1-9-5-11-7-17(8-14(11)20-9)15(18)10-3-4-13(19-2)12(16)6-10/h3-4,6,9,11,14H,5,7-8H2,1-2H3/t9-,11+,14-/m1/s1. The van der Waals surface area contributed by atoms with Crippen molar-refractivity contribution < 1.29 is 14.3 Å². The van der Waals surface area contributed by atoms with Gasteiger partial charge < -0.3 is 14.4 Å². The molecule has 2 aliphatic heterocycles. The number of amides is 1. The van der Waals surface area contributed by atoms with Gasteiger partial charge in [0.1, 0.15) is 5.75 Å². The second kappa shape index (κ2) is 5.26. The van der Waals surface area contributed by atoms with E-state index in [4.69, 9.17) is 21.1 Å². The maximum Gasteiger partial charge on any atom is 0.254 e. The Morgan fingerprint density at radius 2 is 2.25 bits per heavy atom. The predicted molar refractivity (Wildman–Crippen MR) is 76.3 cm³/mol. The lowest BCUT2D eigenvalue weighted by molar-refractivity contribution is 0.0443. The predicted octanol–water partition coefficient (Wildman–Crippen LogP) is 2.60. The minimum absolute atomic E-state index is 0.0141. The summed E-state index contributed by atoms with van der Waals surface area (Å²) in [5.41, 5.74) is 0.601. The highest BCUT2D eigenvalue weighted by Crippen LogP contribution is 2.34. The summed E-state index contributed by atoms with van der Waals surface area (Å²) in [6, 6.07) is 5.15. The Bertz CT molecular complexity index is 520. The van der Waals surface area contributed by atoms with Gasteiger partial charge in [0, 0.05) is 24.6 Å². The molecule has 2 aliphatic rings. The fourth-order valence-electron chi connectivity index (χ4n) is 3.15. The van der Waals surface area contributed by atoms with Gasteiger partial charge in [0.2, 0.25) is 0 Å². The third-order valence-corrected chi connectivity index (χ3v) is 4.40. The van der Waals surface area contributed by atoms with E-state index in [1.807, 2.05) is 4.90 Å². The van der Waals surface area contributed by atoms with Gasteiger partial charge in [-0.3, -0.25) is 4.79 Å². The molecule has 5 heteroatoms. The zero-order valence-corrected chi connectivity index (χ0v) is 12.4. The van der Waals surface area contributed by atoms with Gasteiger partial charge in [0.05, 0.1) is 24.3 Å². The summed E-state index contributed by atoms with van der Waals surface area (Å²) < 4.78 is 10.9. The molecule has 0 aliphatic carbocycles. The van der Waals surface area contributed by atoms with Gasteiger partial charge in [-0.1, -0.05) is 11.6 Å². The second-order valence-electron chi connectivity index (χ2n) is 5.54. The summed E-state index contributed by atoms with van der Waals surface area (Å²) >= 11 is 6.07. The van der Waals surface area contributed by atoms with Crippen molar-refractivity contribution in [2.75, 3.05) is 20.2 Å². The monoisotopic (exact) mass is 295 g/mol. The highest BCUT2D eigenvalue weighted by molar-refractivity contribution is 6.32. The molecule has 2 fully saturated rings. The second-order valence-corrected chi connectivity index (χ2v) is 5.95. The van der Waals surface area contributed by atoms with Crippen LogP contribution in [0.15, 0.2) is 18.2 Å². The third-order valence-electron chi connectivity index (χ3n) is 4.11. The molecule has 0 bridgehead atoms. The lowest BCUT2D eigenvalue weighted by atomic mass is 10.0. The number of carbonyl (C=O) groups excluding carboxylic acids is 1. The lowest BCUT2D eigenvalue weighted by Crippen LogP contribution is -2.31. The number of ether oxygens (including phenoxy) is 2. The molecule has 0 saturated carbocycles. The molecule has 0 radical (unpaired) electrons. The molecule has 2 saturated heterocycles. The average Bonchev–Trinajstić information content (AvgIpc) is 2.94. The number of halogens is 1. The van der Waals surface area contributed by atoms with E-state index in [1.165, 1.54) is 0 Å². The Labute approximate surface area is 123 Å². The maximum atomic E-state index is 12.5. The van der Waals surface area contributed by atoms with Crippen LogP contribution < -0.4 is 4.74 Å². The van der Waals surface area contributed by atoms with Crippen LogP contribution in [0.3, 0.4) is 0 Å². The van der Waals surface area contributed by atoms with Gasteiger partial charge in [-0.05, 0) is 31.5 Å².